The number of alkyl halides is 6. The number of aromatic nitrogens is 3. The zero-order valence-corrected chi connectivity index (χ0v) is 27.1. The van der Waals surface area contributed by atoms with Crippen molar-refractivity contribution in [1.29, 1.82) is 0 Å². The van der Waals surface area contributed by atoms with Crippen molar-refractivity contribution < 1.29 is 45.1 Å². The molecule has 2 N–H and O–H groups in total. The maximum Gasteiger partial charge on any atom is 0.451 e. The molecule has 6 rings (SSSR count). The number of hydrogen-bond donors (Lipinski definition) is 1. The molecule has 0 spiro atoms. The summed E-state index contributed by atoms with van der Waals surface area (Å²) in [5.41, 5.74) is 3.48. The normalized spacial score (nSPS) is 21.9. The number of carbonyl (C=O) groups is 2. The highest BCUT2D eigenvalue weighted by molar-refractivity contribution is 6.07. The van der Waals surface area contributed by atoms with E-state index >= 15 is 0 Å². The highest BCUT2D eigenvalue weighted by Crippen LogP contribution is 2.45. The average Bonchev–Trinajstić information content (AvgIpc) is 3.77. The molecule has 3 aliphatic heterocycles. The Kier molecular flexibility index (Phi) is 9.16. The molecule has 50 heavy (non-hydrogen) atoms. The summed E-state index contributed by atoms with van der Waals surface area (Å²) in [5, 5.41) is 6.69. The van der Waals surface area contributed by atoms with Gasteiger partial charge in [-0.05, 0) is 66.5 Å². The lowest BCUT2D eigenvalue weighted by molar-refractivity contribution is -0.148. The number of nitrogens with zero attached hydrogens (tertiary/aromatic N) is 6. The Hall–Kier alpha value is -4.54. The maximum absolute atomic E-state index is 14.6. The van der Waals surface area contributed by atoms with E-state index in [4.69, 9.17) is 10.5 Å². The number of aliphatic imine (C=N–C) groups is 1. The Balaban J connectivity index is 1.39. The number of halogens is 7. The third kappa shape index (κ3) is 6.54. The van der Waals surface area contributed by atoms with Crippen LogP contribution in [0.2, 0.25) is 0 Å². The van der Waals surface area contributed by atoms with E-state index < -0.39 is 65.1 Å². The van der Waals surface area contributed by atoms with Gasteiger partial charge in [0.25, 0.3) is 11.8 Å². The number of rotatable bonds is 8. The second kappa shape index (κ2) is 13.0. The van der Waals surface area contributed by atoms with E-state index in [1.54, 1.807) is 0 Å². The SMILES string of the molecule is CC(C)CC(c1ccc(C(F)(F)F)c(C(=O)N2CCn3c(nnc3C(F)(F)F)C2)c1)N1C(=O)[C@](CC2CCOC2)(c2ccc(F)cc2)N=C1N. The largest absolute Gasteiger partial charge is 0.451 e. The van der Waals surface area contributed by atoms with Crippen molar-refractivity contribution in [2.75, 3.05) is 19.8 Å². The molecule has 2 amide bonds. The number of ether oxygens (including phenoxy) is 1. The number of amides is 2. The summed E-state index contributed by atoms with van der Waals surface area (Å²) < 4.78 is 104. The number of fused-ring (bicyclic) bond motifs is 1. The Morgan fingerprint density at radius 1 is 1.04 bits per heavy atom. The molecule has 0 saturated carbocycles. The van der Waals surface area contributed by atoms with Crippen LogP contribution in [0.1, 0.15) is 77.8 Å². The fraction of sp³-hybridized carbons (Fsp3) is 0.485. The van der Waals surface area contributed by atoms with Crippen molar-refractivity contribution in [3.05, 3.63) is 82.2 Å². The van der Waals surface area contributed by atoms with Crippen LogP contribution >= 0.6 is 0 Å². The first-order chi connectivity index (χ1) is 23.5. The first-order valence-corrected chi connectivity index (χ1v) is 16.0. The van der Waals surface area contributed by atoms with Crippen LogP contribution < -0.4 is 5.73 Å². The number of nitrogens with two attached hydrogens (primary N) is 1. The Bertz CT molecular complexity index is 1800. The monoisotopic (exact) mass is 709 g/mol. The minimum absolute atomic E-state index is 0.0816. The molecule has 3 aromatic rings. The van der Waals surface area contributed by atoms with E-state index in [9.17, 15) is 40.3 Å². The number of benzene rings is 2. The summed E-state index contributed by atoms with van der Waals surface area (Å²) in [6.07, 6.45) is -8.73. The summed E-state index contributed by atoms with van der Waals surface area (Å²) in [7, 11) is 0. The molecule has 268 valence electrons. The van der Waals surface area contributed by atoms with Gasteiger partial charge in [-0.3, -0.25) is 14.5 Å². The van der Waals surface area contributed by atoms with E-state index in [0.29, 0.717) is 25.2 Å². The van der Waals surface area contributed by atoms with Crippen LogP contribution in [-0.4, -0.2) is 62.1 Å². The molecular weight excluding hydrogens is 675 g/mol. The van der Waals surface area contributed by atoms with Crippen molar-refractivity contribution in [1.82, 2.24) is 24.6 Å². The third-order valence-corrected chi connectivity index (χ3v) is 9.32. The lowest BCUT2D eigenvalue weighted by Gasteiger charge is -2.34. The molecular formula is C33H34F7N7O3. The summed E-state index contributed by atoms with van der Waals surface area (Å²) >= 11 is 0. The Morgan fingerprint density at radius 2 is 1.76 bits per heavy atom. The first-order valence-electron chi connectivity index (χ1n) is 16.0. The molecule has 1 aromatic heterocycles. The van der Waals surface area contributed by atoms with Gasteiger partial charge in [0.15, 0.2) is 17.3 Å². The van der Waals surface area contributed by atoms with E-state index in [2.05, 4.69) is 15.2 Å². The average molecular weight is 710 g/mol. The molecule has 17 heteroatoms. The molecule has 1 saturated heterocycles. The van der Waals surface area contributed by atoms with Crippen LogP contribution in [-0.2, 0) is 40.5 Å². The molecule has 2 unspecified atom stereocenters. The Morgan fingerprint density at radius 3 is 2.38 bits per heavy atom. The van der Waals surface area contributed by atoms with Crippen LogP contribution in [0.5, 0.6) is 0 Å². The number of carbonyl (C=O) groups excluding carboxylic acids is 2. The smallest absolute Gasteiger partial charge is 0.381 e. The van der Waals surface area contributed by atoms with Crippen molar-refractivity contribution in [2.24, 2.45) is 22.6 Å². The quantitative estimate of drug-likeness (QED) is 0.301. The molecule has 1 fully saturated rings. The summed E-state index contributed by atoms with van der Waals surface area (Å²) in [6, 6.07) is 7.33. The number of guanidine groups is 1. The van der Waals surface area contributed by atoms with E-state index in [1.807, 2.05) is 13.8 Å². The molecule has 2 aromatic carbocycles. The van der Waals surface area contributed by atoms with Gasteiger partial charge in [-0.1, -0.05) is 32.0 Å². The second-order valence-corrected chi connectivity index (χ2v) is 13.2. The molecule has 3 atom stereocenters. The molecule has 0 radical (unpaired) electrons. The van der Waals surface area contributed by atoms with Crippen molar-refractivity contribution in [2.45, 2.75) is 70.1 Å². The molecule has 3 aliphatic rings. The summed E-state index contributed by atoms with van der Waals surface area (Å²) in [4.78, 5) is 35.3. The minimum Gasteiger partial charge on any atom is -0.381 e. The maximum atomic E-state index is 14.6. The van der Waals surface area contributed by atoms with Gasteiger partial charge in [0.2, 0.25) is 5.82 Å². The first kappa shape index (κ1) is 35.3. The molecule has 0 aliphatic carbocycles. The zero-order chi connectivity index (χ0) is 36.2. The highest BCUT2D eigenvalue weighted by Gasteiger charge is 2.53. The van der Waals surface area contributed by atoms with E-state index in [0.717, 1.165) is 21.6 Å². The predicted molar refractivity (Wildman–Crippen MR) is 163 cm³/mol. The van der Waals surface area contributed by atoms with Gasteiger partial charge < -0.3 is 19.9 Å². The van der Waals surface area contributed by atoms with E-state index in [-0.39, 0.29) is 55.1 Å². The predicted octanol–water partition coefficient (Wildman–Crippen LogP) is 5.68. The van der Waals surface area contributed by atoms with Crippen LogP contribution in [0.25, 0.3) is 0 Å². The Labute approximate surface area is 282 Å². The minimum atomic E-state index is -4.97. The lowest BCUT2D eigenvalue weighted by Crippen LogP contribution is -2.46. The lowest BCUT2D eigenvalue weighted by atomic mass is 9.80. The number of hydrogen-bond acceptors (Lipinski definition) is 7. The van der Waals surface area contributed by atoms with E-state index in [1.165, 1.54) is 35.2 Å². The van der Waals surface area contributed by atoms with Crippen molar-refractivity contribution >= 4 is 17.8 Å². The van der Waals surface area contributed by atoms with Crippen LogP contribution in [0.4, 0.5) is 30.7 Å². The van der Waals surface area contributed by atoms with Gasteiger partial charge in [-0.25, -0.2) is 9.38 Å². The molecule has 4 heterocycles. The van der Waals surface area contributed by atoms with Crippen LogP contribution in [0.3, 0.4) is 0 Å². The summed E-state index contributed by atoms with van der Waals surface area (Å²) in [5.74, 6) is -4.04. The standard InChI is InChI=1S/C33H34F7N7O3/c1-18(2)13-25(47-29(49)31(42-30(47)41,15-19-9-12-50-17-19)21-4-6-22(34)7-5-21)20-3-8-24(32(35,36)37)23(14-20)27(48)45-10-11-46-26(16-45)43-44-28(46)33(38,39)40/h3-8,14,18-19,25H,9-13,15-17H2,1-2H3,(H2,41,42)/t19?,25?,31-/m0/s1. The fourth-order valence-electron chi connectivity index (χ4n) is 6.97. The van der Waals surface area contributed by atoms with Gasteiger partial charge >= 0.3 is 12.4 Å². The van der Waals surface area contributed by atoms with Crippen LogP contribution in [0, 0.1) is 17.7 Å². The fourth-order valence-corrected chi connectivity index (χ4v) is 6.97. The van der Waals surface area contributed by atoms with Crippen LogP contribution in [0.15, 0.2) is 47.5 Å². The molecule has 10 nitrogen and oxygen atoms in total. The van der Waals surface area contributed by atoms with Gasteiger partial charge in [0, 0.05) is 26.3 Å². The highest BCUT2D eigenvalue weighted by atomic mass is 19.4. The van der Waals surface area contributed by atoms with Crippen molar-refractivity contribution in [3.8, 4) is 0 Å². The summed E-state index contributed by atoms with van der Waals surface area (Å²) in [6.45, 7) is 3.33. The van der Waals surface area contributed by atoms with Gasteiger partial charge in [0.1, 0.15) is 5.82 Å². The van der Waals surface area contributed by atoms with Crippen molar-refractivity contribution in [3.63, 3.8) is 0 Å². The second-order valence-electron chi connectivity index (χ2n) is 13.2. The molecule has 0 bridgehead atoms. The zero-order valence-electron chi connectivity index (χ0n) is 27.1. The van der Waals surface area contributed by atoms with Gasteiger partial charge in [0.05, 0.1) is 23.7 Å². The van der Waals surface area contributed by atoms with Gasteiger partial charge in [-0.2, -0.15) is 26.3 Å². The third-order valence-electron chi connectivity index (χ3n) is 9.32. The van der Waals surface area contributed by atoms with Gasteiger partial charge in [-0.15, -0.1) is 10.2 Å². The topological polar surface area (TPSA) is 119 Å².